The molecule has 0 atom stereocenters. The molecule has 0 aliphatic carbocycles. The Hall–Kier alpha value is -2.01. The third kappa shape index (κ3) is 2.88. The number of nitrogens with zero attached hydrogens (tertiary/aromatic N) is 3. The number of hydrogen-bond acceptors (Lipinski definition) is 3. The number of hydrogen-bond donors (Lipinski definition) is 0. The molecule has 2 aromatic rings. The highest BCUT2D eigenvalue weighted by molar-refractivity contribution is 6.28. The predicted molar refractivity (Wildman–Crippen MR) is 79.3 cm³/mol. The van der Waals surface area contributed by atoms with Crippen LogP contribution in [0.25, 0.3) is 0 Å². The number of ether oxygens (including phenoxy) is 1. The molecule has 0 saturated heterocycles. The lowest BCUT2D eigenvalue weighted by Gasteiger charge is -2.27. The maximum absolute atomic E-state index is 12.2. The number of para-hydroxylation sites is 1. The summed E-state index contributed by atoms with van der Waals surface area (Å²) in [7, 11) is 1.86. The van der Waals surface area contributed by atoms with Gasteiger partial charge in [-0.15, -0.1) is 0 Å². The van der Waals surface area contributed by atoms with Crippen molar-refractivity contribution < 1.29 is 9.53 Å². The van der Waals surface area contributed by atoms with Gasteiger partial charge in [-0.1, -0.05) is 18.2 Å². The molecular weight excluding hydrogens is 290 g/mol. The lowest BCUT2D eigenvalue weighted by Crippen LogP contribution is -2.39. The highest BCUT2D eigenvalue weighted by Crippen LogP contribution is 2.21. The fourth-order valence-corrected chi connectivity index (χ4v) is 2.62. The van der Waals surface area contributed by atoms with Gasteiger partial charge in [0.25, 0.3) is 5.91 Å². The molecule has 2 heterocycles. The molecule has 1 aromatic heterocycles. The molecule has 0 N–H and O–H groups in total. The van der Waals surface area contributed by atoms with Crippen molar-refractivity contribution in [3.8, 4) is 5.75 Å². The Bertz CT molecular complexity index is 654. The summed E-state index contributed by atoms with van der Waals surface area (Å²) in [5.74, 6) is 0.675. The SMILES string of the molecule is Cn1c(Cl)nc2c1CN(C(=O)COc1ccccc1)CC2. The Kier molecular flexibility index (Phi) is 3.84. The molecule has 3 rings (SSSR count). The van der Waals surface area contributed by atoms with Crippen LogP contribution < -0.4 is 4.74 Å². The van der Waals surface area contributed by atoms with Crippen molar-refractivity contribution in [2.75, 3.05) is 13.2 Å². The molecule has 0 radical (unpaired) electrons. The Balaban J connectivity index is 1.63. The molecule has 6 heteroatoms. The van der Waals surface area contributed by atoms with Gasteiger partial charge in [-0.25, -0.2) is 4.98 Å². The molecule has 1 aliphatic heterocycles. The number of fused-ring (bicyclic) bond motifs is 1. The first-order chi connectivity index (χ1) is 10.1. The van der Waals surface area contributed by atoms with Crippen molar-refractivity contribution in [2.45, 2.75) is 13.0 Å². The van der Waals surface area contributed by atoms with Crippen LogP contribution in [-0.2, 0) is 24.8 Å². The minimum atomic E-state index is -0.0261. The van der Waals surface area contributed by atoms with Crippen molar-refractivity contribution >= 4 is 17.5 Å². The van der Waals surface area contributed by atoms with Crippen molar-refractivity contribution in [3.05, 3.63) is 47.0 Å². The number of benzene rings is 1. The lowest BCUT2D eigenvalue weighted by atomic mass is 10.1. The summed E-state index contributed by atoms with van der Waals surface area (Å²) >= 11 is 6.01. The first-order valence-electron chi connectivity index (χ1n) is 6.80. The number of aromatic nitrogens is 2. The van der Waals surface area contributed by atoms with Crippen molar-refractivity contribution in [3.63, 3.8) is 0 Å². The number of carbonyl (C=O) groups is 1. The predicted octanol–water partition coefficient (Wildman–Crippen LogP) is 2.04. The number of rotatable bonds is 3. The summed E-state index contributed by atoms with van der Waals surface area (Å²) in [5.41, 5.74) is 1.98. The Morgan fingerprint density at radius 1 is 1.38 bits per heavy atom. The fraction of sp³-hybridized carbons (Fsp3) is 0.333. The van der Waals surface area contributed by atoms with E-state index in [2.05, 4.69) is 4.98 Å². The highest BCUT2D eigenvalue weighted by atomic mass is 35.5. The van der Waals surface area contributed by atoms with Crippen LogP contribution in [-0.4, -0.2) is 33.5 Å². The van der Waals surface area contributed by atoms with Crippen LogP contribution in [0.2, 0.25) is 5.28 Å². The van der Waals surface area contributed by atoms with E-state index in [9.17, 15) is 4.79 Å². The Labute approximate surface area is 128 Å². The minimum absolute atomic E-state index is 0.0261. The molecule has 0 unspecified atom stereocenters. The van der Waals surface area contributed by atoms with Gasteiger partial charge in [0.1, 0.15) is 5.75 Å². The number of amides is 1. The lowest BCUT2D eigenvalue weighted by molar-refractivity contribution is -0.134. The van der Waals surface area contributed by atoms with E-state index in [1.807, 2.05) is 41.9 Å². The van der Waals surface area contributed by atoms with Gasteiger partial charge in [-0.2, -0.15) is 0 Å². The van der Waals surface area contributed by atoms with E-state index >= 15 is 0 Å². The van der Waals surface area contributed by atoms with Crippen LogP contribution in [0.15, 0.2) is 30.3 Å². The molecule has 0 fully saturated rings. The zero-order valence-corrected chi connectivity index (χ0v) is 12.5. The van der Waals surface area contributed by atoms with Gasteiger partial charge in [-0.3, -0.25) is 4.79 Å². The second-order valence-corrected chi connectivity index (χ2v) is 5.34. The largest absolute Gasteiger partial charge is 0.484 e. The first kappa shape index (κ1) is 13.9. The third-order valence-electron chi connectivity index (χ3n) is 3.66. The molecule has 21 heavy (non-hydrogen) atoms. The van der Waals surface area contributed by atoms with Crippen LogP contribution in [0, 0.1) is 0 Å². The summed E-state index contributed by atoms with van der Waals surface area (Å²) in [6, 6.07) is 9.34. The molecule has 5 nitrogen and oxygen atoms in total. The van der Waals surface area contributed by atoms with E-state index in [-0.39, 0.29) is 12.5 Å². The van der Waals surface area contributed by atoms with Crippen molar-refractivity contribution in [2.24, 2.45) is 7.05 Å². The van der Waals surface area contributed by atoms with Crippen LogP contribution >= 0.6 is 11.6 Å². The van der Waals surface area contributed by atoms with Gasteiger partial charge in [0.05, 0.1) is 17.9 Å². The molecule has 110 valence electrons. The molecule has 1 aromatic carbocycles. The van der Waals surface area contributed by atoms with Crippen LogP contribution in [0.1, 0.15) is 11.4 Å². The van der Waals surface area contributed by atoms with Crippen LogP contribution in [0.5, 0.6) is 5.75 Å². The van der Waals surface area contributed by atoms with E-state index < -0.39 is 0 Å². The smallest absolute Gasteiger partial charge is 0.260 e. The fourth-order valence-electron chi connectivity index (χ4n) is 2.42. The van der Waals surface area contributed by atoms with E-state index in [0.717, 1.165) is 17.8 Å². The normalized spacial score (nSPS) is 13.9. The van der Waals surface area contributed by atoms with Gasteiger partial charge < -0.3 is 14.2 Å². The monoisotopic (exact) mass is 305 g/mol. The van der Waals surface area contributed by atoms with Crippen LogP contribution in [0.3, 0.4) is 0 Å². The summed E-state index contributed by atoms with van der Waals surface area (Å²) in [6.45, 7) is 1.23. The Morgan fingerprint density at radius 2 is 2.14 bits per heavy atom. The summed E-state index contributed by atoms with van der Waals surface area (Å²) in [6.07, 6.45) is 0.729. The zero-order valence-electron chi connectivity index (χ0n) is 11.8. The maximum Gasteiger partial charge on any atom is 0.260 e. The van der Waals surface area contributed by atoms with Gasteiger partial charge in [-0.05, 0) is 23.7 Å². The van der Waals surface area contributed by atoms with Crippen molar-refractivity contribution in [1.82, 2.24) is 14.5 Å². The third-order valence-corrected chi connectivity index (χ3v) is 4.00. The molecule has 1 amide bonds. The maximum atomic E-state index is 12.2. The second kappa shape index (κ2) is 5.77. The molecule has 0 bridgehead atoms. The first-order valence-corrected chi connectivity index (χ1v) is 7.18. The quantitative estimate of drug-likeness (QED) is 0.872. The summed E-state index contributed by atoms with van der Waals surface area (Å²) < 4.78 is 7.33. The minimum Gasteiger partial charge on any atom is -0.484 e. The van der Waals surface area contributed by atoms with Crippen molar-refractivity contribution in [1.29, 1.82) is 0 Å². The van der Waals surface area contributed by atoms with Crippen LogP contribution in [0.4, 0.5) is 0 Å². The number of carbonyl (C=O) groups excluding carboxylic acids is 1. The Morgan fingerprint density at radius 3 is 2.90 bits per heavy atom. The van der Waals surface area contributed by atoms with E-state index in [4.69, 9.17) is 16.3 Å². The van der Waals surface area contributed by atoms with E-state index in [0.29, 0.717) is 24.1 Å². The average Bonchev–Trinajstić information content (AvgIpc) is 2.80. The van der Waals surface area contributed by atoms with Gasteiger partial charge >= 0.3 is 0 Å². The topological polar surface area (TPSA) is 47.4 Å². The highest BCUT2D eigenvalue weighted by Gasteiger charge is 2.25. The zero-order chi connectivity index (χ0) is 14.8. The molecule has 1 aliphatic rings. The summed E-state index contributed by atoms with van der Waals surface area (Å²) in [5, 5.41) is 0.467. The average molecular weight is 306 g/mol. The van der Waals surface area contributed by atoms with E-state index in [1.165, 1.54) is 0 Å². The summed E-state index contributed by atoms with van der Waals surface area (Å²) in [4.78, 5) is 18.3. The van der Waals surface area contributed by atoms with Gasteiger partial charge in [0.2, 0.25) is 5.28 Å². The molecule has 0 saturated carbocycles. The second-order valence-electron chi connectivity index (χ2n) is 5.00. The number of imidazole rings is 1. The molecule has 0 spiro atoms. The standard InChI is InChI=1S/C15H16ClN3O2/c1-18-13-9-19(8-7-12(13)17-15(18)16)14(20)10-21-11-5-3-2-4-6-11/h2-6H,7-10H2,1H3. The van der Waals surface area contributed by atoms with Gasteiger partial charge in [0, 0.05) is 20.0 Å². The van der Waals surface area contributed by atoms with Gasteiger partial charge in [0.15, 0.2) is 6.61 Å². The number of halogens is 1. The van der Waals surface area contributed by atoms with E-state index in [1.54, 1.807) is 4.90 Å². The molecular formula is C15H16ClN3O2.